The first kappa shape index (κ1) is 11.1. The monoisotopic (exact) mass is 287 g/mol. The molecule has 1 aliphatic carbocycles. The number of thiophene rings is 1. The maximum absolute atomic E-state index is 11.9. The van der Waals surface area contributed by atoms with E-state index in [0.717, 1.165) is 29.7 Å². The zero-order chi connectivity index (χ0) is 10.8. The Morgan fingerprint density at radius 2 is 2.33 bits per heavy atom. The van der Waals surface area contributed by atoms with Crippen LogP contribution in [0.4, 0.5) is 0 Å². The van der Waals surface area contributed by atoms with Gasteiger partial charge in [-0.1, -0.05) is 0 Å². The molecule has 0 saturated heterocycles. The molecule has 1 fully saturated rings. The predicted molar refractivity (Wildman–Crippen MR) is 65.8 cm³/mol. The molecule has 0 atom stereocenters. The van der Waals surface area contributed by atoms with Gasteiger partial charge in [-0.25, -0.2) is 0 Å². The van der Waals surface area contributed by atoms with Crippen molar-refractivity contribution in [3.8, 4) is 0 Å². The molecule has 82 valence electrons. The Kier molecular flexibility index (Phi) is 3.46. The third kappa shape index (κ3) is 2.82. The molecular formula is C11H14BrNOS. The summed E-state index contributed by atoms with van der Waals surface area (Å²) in [6.07, 6.45) is 2.17. The third-order valence-electron chi connectivity index (χ3n) is 2.60. The predicted octanol–water partition coefficient (Wildman–Crippen LogP) is 3.27. The molecule has 1 aliphatic rings. The van der Waals surface area contributed by atoms with Crippen molar-refractivity contribution in [1.82, 2.24) is 4.90 Å². The highest BCUT2D eigenvalue weighted by molar-refractivity contribution is 9.11. The summed E-state index contributed by atoms with van der Waals surface area (Å²) in [5.41, 5.74) is 0. The summed E-state index contributed by atoms with van der Waals surface area (Å²) < 4.78 is 1.13. The van der Waals surface area contributed by atoms with Gasteiger partial charge in [-0.3, -0.25) is 4.79 Å². The fraction of sp³-hybridized carbons (Fsp3) is 0.545. The SMILES string of the molecule is CCN(Cc1ccc(Br)s1)C(=O)C1CC1. The van der Waals surface area contributed by atoms with Crippen LogP contribution in [0.25, 0.3) is 0 Å². The number of nitrogens with zero attached hydrogens (tertiary/aromatic N) is 1. The standard InChI is InChI=1S/C11H14BrNOS/c1-2-13(11(14)8-3-4-8)7-9-5-6-10(12)15-9/h5-6,8H,2-4,7H2,1H3. The molecule has 1 amide bonds. The highest BCUT2D eigenvalue weighted by atomic mass is 79.9. The van der Waals surface area contributed by atoms with Crippen molar-refractivity contribution in [3.05, 3.63) is 20.8 Å². The average Bonchev–Trinajstić information content (AvgIpc) is 2.99. The molecule has 0 aliphatic heterocycles. The van der Waals surface area contributed by atoms with Gasteiger partial charge in [-0.2, -0.15) is 0 Å². The van der Waals surface area contributed by atoms with Crippen LogP contribution in [0.15, 0.2) is 15.9 Å². The van der Waals surface area contributed by atoms with E-state index in [4.69, 9.17) is 0 Å². The van der Waals surface area contributed by atoms with E-state index in [0.29, 0.717) is 11.8 Å². The van der Waals surface area contributed by atoms with Crippen molar-refractivity contribution in [3.63, 3.8) is 0 Å². The molecule has 1 aromatic rings. The Hall–Kier alpha value is -0.350. The molecule has 0 spiro atoms. The van der Waals surface area contributed by atoms with Crippen LogP contribution in [0.3, 0.4) is 0 Å². The molecule has 1 aromatic heterocycles. The zero-order valence-electron chi connectivity index (χ0n) is 8.70. The van der Waals surface area contributed by atoms with Gasteiger partial charge in [0.15, 0.2) is 0 Å². The summed E-state index contributed by atoms with van der Waals surface area (Å²) in [6.45, 7) is 3.62. The van der Waals surface area contributed by atoms with Gasteiger partial charge in [0.1, 0.15) is 0 Å². The van der Waals surface area contributed by atoms with E-state index in [-0.39, 0.29) is 0 Å². The molecule has 0 bridgehead atoms. The lowest BCUT2D eigenvalue weighted by molar-refractivity contribution is -0.132. The fourth-order valence-electron chi connectivity index (χ4n) is 1.56. The Labute approximate surface area is 102 Å². The maximum atomic E-state index is 11.9. The van der Waals surface area contributed by atoms with Gasteiger partial charge in [-0.15, -0.1) is 11.3 Å². The second-order valence-electron chi connectivity index (χ2n) is 3.83. The van der Waals surface area contributed by atoms with Gasteiger partial charge in [0.2, 0.25) is 5.91 Å². The molecule has 0 aromatic carbocycles. The zero-order valence-corrected chi connectivity index (χ0v) is 11.1. The van der Waals surface area contributed by atoms with Crippen LogP contribution in [-0.4, -0.2) is 17.4 Å². The molecule has 1 heterocycles. The second kappa shape index (κ2) is 4.66. The Morgan fingerprint density at radius 1 is 1.60 bits per heavy atom. The van der Waals surface area contributed by atoms with E-state index < -0.39 is 0 Å². The largest absolute Gasteiger partial charge is 0.338 e. The van der Waals surface area contributed by atoms with Crippen LogP contribution < -0.4 is 0 Å². The van der Waals surface area contributed by atoms with Crippen LogP contribution in [-0.2, 0) is 11.3 Å². The molecule has 15 heavy (non-hydrogen) atoms. The molecule has 1 saturated carbocycles. The van der Waals surface area contributed by atoms with E-state index in [1.54, 1.807) is 11.3 Å². The minimum atomic E-state index is 0.327. The van der Waals surface area contributed by atoms with Crippen LogP contribution in [0.1, 0.15) is 24.6 Å². The van der Waals surface area contributed by atoms with Crippen LogP contribution in [0, 0.1) is 5.92 Å². The van der Waals surface area contributed by atoms with Gasteiger partial charge in [0, 0.05) is 17.3 Å². The molecular weight excluding hydrogens is 274 g/mol. The molecule has 0 unspecified atom stereocenters. The summed E-state index contributed by atoms with van der Waals surface area (Å²) in [5.74, 6) is 0.662. The molecule has 0 N–H and O–H groups in total. The summed E-state index contributed by atoms with van der Waals surface area (Å²) in [7, 11) is 0. The highest BCUT2D eigenvalue weighted by Gasteiger charge is 2.32. The summed E-state index contributed by atoms with van der Waals surface area (Å²) >= 11 is 5.14. The summed E-state index contributed by atoms with van der Waals surface area (Å²) in [6, 6.07) is 4.12. The van der Waals surface area contributed by atoms with Crippen molar-refractivity contribution in [2.75, 3.05) is 6.54 Å². The Morgan fingerprint density at radius 3 is 2.80 bits per heavy atom. The molecule has 4 heteroatoms. The van der Waals surface area contributed by atoms with Crippen molar-refractivity contribution < 1.29 is 4.79 Å². The lowest BCUT2D eigenvalue weighted by Gasteiger charge is -2.19. The van der Waals surface area contributed by atoms with Gasteiger partial charge in [0.05, 0.1) is 10.3 Å². The number of halogens is 1. The van der Waals surface area contributed by atoms with E-state index in [2.05, 4.69) is 22.0 Å². The normalized spacial score (nSPS) is 15.3. The lowest BCUT2D eigenvalue weighted by atomic mass is 10.3. The third-order valence-corrected chi connectivity index (χ3v) is 4.20. The maximum Gasteiger partial charge on any atom is 0.225 e. The highest BCUT2D eigenvalue weighted by Crippen LogP contribution is 2.32. The molecule has 2 rings (SSSR count). The molecule has 2 nitrogen and oxygen atoms in total. The summed E-state index contributed by atoms with van der Waals surface area (Å²) in [5, 5.41) is 0. The van der Waals surface area contributed by atoms with Crippen molar-refractivity contribution >= 4 is 33.2 Å². The van der Waals surface area contributed by atoms with E-state index in [1.807, 2.05) is 17.9 Å². The van der Waals surface area contributed by atoms with Crippen LogP contribution >= 0.6 is 27.3 Å². The molecule has 0 radical (unpaired) electrons. The van der Waals surface area contributed by atoms with E-state index >= 15 is 0 Å². The fourth-order valence-corrected chi connectivity index (χ4v) is 3.06. The second-order valence-corrected chi connectivity index (χ2v) is 6.38. The first-order valence-electron chi connectivity index (χ1n) is 5.23. The van der Waals surface area contributed by atoms with Crippen molar-refractivity contribution in [2.45, 2.75) is 26.3 Å². The number of carbonyl (C=O) groups excluding carboxylic acids is 1. The Bertz CT molecular complexity index is 359. The Balaban J connectivity index is 1.98. The van der Waals surface area contributed by atoms with Crippen molar-refractivity contribution in [2.24, 2.45) is 5.92 Å². The number of rotatable bonds is 4. The van der Waals surface area contributed by atoms with Gasteiger partial charge >= 0.3 is 0 Å². The number of carbonyl (C=O) groups is 1. The first-order chi connectivity index (χ1) is 7.20. The van der Waals surface area contributed by atoms with E-state index in [9.17, 15) is 4.79 Å². The lowest BCUT2D eigenvalue weighted by Crippen LogP contribution is -2.31. The quantitative estimate of drug-likeness (QED) is 0.832. The smallest absolute Gasteiger partial charge is 0.225 e. The van der Waals surface area contributed by atoms with Crippen molar-refractivity contribution in [1.29, 1.82) is 0 Å². The summed E-state index contributed by atoms with van der Waals surface area (Å²) in [4.78, 5) is 15.1. The first-order valence-corrected chi connectivity index (χ1v) is 6.84. The number of hydrogen-bond acceptors (Lipinski definition) is 2. The van der Waals surface area contributed by atoms with Gasteiger partial charge < -0.3 is 4.90 Å². The van der Waals surface area contributed by atoms with Crippen LogP contribution in [0.5, 0.6) is 0 Å². The number of amides is 1. The van der Waals surface area contributed by atoms with Gasteiger partial charge in [0.25, 0.3) is 0 Å². The number of hydrogen-bond donors (Lipinski definition) is 0. The topological polar surface area (TPSA) is 20.3 Å². The van der Waals surface area contributed by atoms with Gasteiger partial charge in [-0.05, 0) is 47.8 Å². The minimum absolute atomic E-state index is 0.327. The van der Waals surface area contributed by atoms with E-state index in [1.165, 1.54) is 4.88 Å². The average molecular weight is 288 g/mol. The minimum Gasteiger partial charge on any atom is -0.338 e. The van der Waals surface area contributed by atoms with Crippen LogP contribution in [0.2, 0.25) is 0 Å².